The third kappa shape index (κ3) is 15.6. The Hall–Kier alpha value is -1.22. The van der Waals surface area contributed by atoms with Gasteiger partial charge in [0.15, 0.2) is 0 Å². The zero-order chi connectivity index (χ0) is 22.9. The van der Waals surface area contributed by atoms with Gasteiger partial charge >= 0.3 is 11.9 Å². The fourth-order valence-electron chi connectivity index (χ4n) is 2.95. The predicted octanol–water partition coefficient (Wildman–Crippen LogP) is 4.67. The molecule has 0 saturated carbocycles. The molecule has 2 atom stereocenters. The van der Waals surface area contributed by atoms with Crippen LogP contribution in [0, 0.1) is 24.7 Å². The summed E-state index contributed by atoms with van der Waals surface area (Å²) in [5.74, 6) is -1.31. The maximum absolute atomic E-state index is 10.9. The quantitative estimate of drug-likeness (QED) is 0.210. The third-order valence-corrected chi connectivity index (χ3v) is 4.44. The second-order valence-electron chi connectivity index (χ2n) is 8.50. The Bertz CT molecular complexity index is 414. The Labute approximate surface area is 181 Å². The van der Waals surface area contributed by atoms with Crippen LogP contribution < -0.4 is 0 Å². The highest BCUT2D eigenvalue weighted by atomic mass is 17.2. The normalized spacial score (nSPS) is 14.8. The molecule has 1 radical (unpaired) electrons. The SMILES string of the molecule is [CH2]CCC(C(CCCC(=O)O)OOCC(C)C)C(CCCC(=O)O)OOCC(C)C. The summed E-state index contributed by atoms with van der Waals surface area (Å²) in [6.07, 6.45) is 2.40. The minimum atomic E-state index is -0.861. The van der Waals surface area contributed by atoms with Crippen molar-refractivity contribution in [2.75, 3.05) is 13.2 Å². The Morgan fingerprint density at radius 2 is 1.17 bits per heavy atom. The van der Waals surface area contributed by atoms with E-state index < -0.39 is 24.1 Å². The number of aliphatic carboxylic acids is 2. The van der Waals surface area contributed by atoms with E-state index in [-0.39, 0.29) is 30.6 Å². The molecule has 177 valence electrons. The van der Waals surface area contributed by atoms with Crippen LogP contribution in [-0.4, -0.2) is 47.6 Å². The molecule has 0 heterocycles. The average molecular weight is 434 g/mol. The van der Waals surface area contributed by atoms with Gasteiger partial charge in [0.1, 0.15) is 0 Å². The smallest absolute Gasteiger partial charge is 0.303 e. The van der Waals surface area contributed by atoms with Crippen molar-refractivity contribution in [1.29, 1.82) is 0 Å². The molecule has 0 rings (SSSR count). The summed E-state index contributed by atoms with van der Waals surface area (Å²) in [7, 11) is 0. The molecule has 0 saturated heterocycles. The number of carboxylic acid groups (broad SMARTS) is 2. The van der Waals surface area contributed by atoms with E-state index in [1.165, 1.54) is 0 Å². The summed E-state index contributed by atoms with van der Waals surface area (Å²) in [4.78, 5) is 44.1. The molecule has 0 aliphatic heterocycles. The van der Waals surface area contributed by atoms with Gasteiger partial charge in [-0.25, -0.2) is 19.6 Å². The number of carboxylic acids is 2. The van der Waals surface area contributed by atoms with E-state index in [0.717, 1.165) is 0 Å². The van der Waals surface area contributed by atoms with Gasteiger partial charge in [0, 0.05) is 18.8 Å². The molecule has 0 bridgehead atoms. The predicted molar refractivity (Wildman–Crippen MR) is 112 cm³/mol. The number of hydrogen-bond donors (Lipinski definition) is 2. The van der Waals surface area contributed by atoms with E-state index in [0.29, 0.717) is 51.7 Å². The molecule has 0 amide bonds. The van der Waals surface area contributed by atoms with E-state index in [4.69, 9.17) is 29.8 Å². The van der Waals surface area contributed by atoms with Crippen LogP contribution in [0.4, 0.5) is 0 Å². The van der Waals surface area contributed by atoms with Gasteiger partial charge in [-0.2, -0.15) is 0 Å². The lowest BCUT2D eigenvalue weighted by atomic mass is 9.86. The van der Waals surface area contributed by atoms with Gasteiger partial charge in [0.05, 0.1) is 25.4 Å². The molecule has 0 aromatic carbocycles. The molecule has 0 aliphatic carbocycles. The second kappa shape index (κ2) is 17.5. The van der Waals surface area contributed by atoms with Gasteiger partial charge in [-0.1, -0.05) is 41.0 Å². The van der Waals surface area contributed by atoms with E-state index in [1.54, 1.807) is 0 Å². The van der Waals surface area contributed by atoms with Crippen molar-refractivity contribution < 1.29 is 39.4 Å². The molecule has 8 nitrogen and oxygen atoms in total. The van der Waals surface area contributed by atoms with Gasteiger partial charge in [0.25, 0.3) is 0 Å². The monoisotopic (exact) mass is 433 g/mol. The maximum atomic E-state index is 10.9. The minimum absolute atomic E-state index is 0.0372. The number of carbonyl (C=O) groups is 2. The van der Waals surface area contributed by atoms with Crippen LogP contribution in [-0.2, 0) is 29.1 Å². The van der Waals surface area contributed by atoms with Crippen molar-refractivity contribution >= 4 is 11.9 Å². The molecular formula is C22H41O8. The number of rotatable bonds is 20. The molecule has 0 aromatic rings. The lowest BCUT2D eigenvalue weighted by Crippen LogP contribution is -2.36. The van der Waals surface area contributed by atoms with E-state index in [9.17, 15) is 9.59 Å². The first-order chi connectivity index (χ1) is 14.2. The molecular weight excluding hydrogens is 392 g/mol. The van der Waals surface area contributed by atoms with E-state index >= 15 is 0 Å². The first-order valence-corrected chi connectivity index (χ1v) is 11.0. The molecule has 2 N–H and O–H groups in total. The van der Waals surface area contributed by atoms with Crippen molar-refractivity contribution in [3.8, 4) is 0 Å². The molecule has 0 aliphatic rings. The third-order valence-electron chi connectivity index (χ3n) is 4.44. The first-order valence-electron chi connectivity index (χ1n) is 11.0. The van der Waals surface area contributed by atoms with Crippen LogP contribution in [0.2, 0.25) is 0 Å². The maximum Gasteiger partial charge on any atom is 0.303 e. The number of hydrogen-bond acceptors (Lipinski definition) is 6. The first kappa shape index (κ1) is 28.8. The highest BCUT2D eigenvalue weighted by molar-refractivity contribution is 5.66. The van der Waals surface area contributed by atoms with Gasteiger partial charge in [0.2, 0.25) is 0 Å². The minimum Gasteiger partial charge on any atom is -0.481 e. The molecule has 0 aromatic heterocycles. The van der Waals surface area contributed by atoms with Crippen molar-refractivity contribution in [1.82, 2.24) is 0 Å². The van der Waals surface area contributed by atoms with Crippen molar-refractivity contribution in [2.45, 2.75) is 91.3 Å². The van der Waals surface area contributed by atoms with Gasteiger partial charge in [-0.15, -0.1) is 0 Å². The summed E-state index contributed by atoms with van der Waals surface area (Å²) in [6, 6.07) is 0. The van der Waals surface area contributed by atoms with Crippen LogP contribution in [0.1, 0.15) is 79.1 Å². The molecule has 8 heteroatoms. The summed E-state index contributed by atoms with van der Waals surface area (Å²) < 4.78 is 0. The standard InChI is InChI=1S/C22H41O8/c1-6-9-18(19(10-7-12-21(23)24)29-27-14-16(2)3)20(11-8-13-22(25)26)30-28-15-17(4)5/h16-20H,1,6-15H2,2-5H3,(H,23,24)(H,25,26). The summed E-state index contributed by atoms with van der Waals surface area (Å²) in [5, 5.41) is 18.0. The molecule has 0 spiro atoms. The lowest BCUT2D eigenvalue weighted by Gasteiger charge is -2.32. The van der Waals surface area contributed by atoms with E-state index in [1.807, 2.05) is 27.7 Å². The Morgan fingerprint density at radius 3 is 1.47 bits per heavy atom. The molecule has 2 unspecified atom stereocenters. The lowest BCUT2D eigenvalue weighted by molar-refractivity contribution is -0.373. The molecule has 0 fully saturated rings. The van der Waals surface area contributed by atoms with Gasteiger partial charge in [-0.3, -0.25) is 9.59 Å². The van der Waals surface area contributed by atoms with Crippen LogP contribution in [0.25, 0.3) is 0 Å². The van der Waals surface area contributed by atoms with Crippen molar-refractivity contribution in [3.63, 3.8) is 0 Å². The highest BCUT2D eigenvalue weighted by Crippen LogP contribution is 2.29. The van der Waals surface area contributed by atoms with Gasteiger partial charge < -0.3 is 10.2 Å². The molecule has 30 heavy (non-hydrogen) atoms. The van der Waals surface area contributed by atoms with Crippen LogP contribution in [0.3, 0.4) is 0 Å². The summed E-state index contributed by atoms with van der Waals surface area (Å²) in [5.41, 5.74) is 0. The largest absolute Gasteiger partial charge is 0.481 e. The fraction of sp³-hybridized carbons (Fsp3) is 0.864. The van der Waals surface area contributed by atoms with Crippen LogP contribution >= 0.6 is 0 Å². The Morgan fingerprint density at radius 1 is 0.767 bits per heavy atom. The van der Waals surface area contributed by atoms with Crippen LogP contribution in [0.5, 0.6) is 0 Å². The summed E-state index contributed by atoms with van der Waals surface area (Å²) in [6.45, 7) is 12.8. The van der Waals surface area contributed by atoms with Gasteiger partial charge in [-0.05, 0) is 43.9 Å². The van der Waals surface area contributed by atoms with Crippen LogP contribution in [0.15, 0.2) is 0 Å². The Kier molecular flexibility index (Phi) is 16.7. The van der Waals surface area contributed by atoms with E-state index in [2.05, 4.69) is 6.92 Å². The zero-order valence-electron chi connectivity index (χ0n) is 19.0. The summed E-state index contributed by atoms with van der Waals surface area (Å²) >= 11 is 0. The van der Waals surface area contributed by atoms with Crippen molar-refractivity contribution in [3.05, 3.63) is 6.92 Å². The second-order valence-corrected chi connectivity index (χ2v) is 8.50. The topological polar surface area (TPSA) is 112 Å². The average Bonchev–Trinajstić information content (AvgIpc) is 2.63. The highest BCUT2D eigenvalue weighted by Gasteiger charge is 2.32. The fourth-order valence-corrected chi connectivity index (χ4v) is 2.95. The Balaban J connectivity index is 5.30. The zero-order valence-corrected chi connectivity index (χ0v) is 19.0. The van der Waals surface area contributed by atoms with Crippen molar-refractivity contribution in [2.24, 2.45) is 17.8 Å².